The summed E-state index contributed by atoms with van der Waals surface area (Å²) >= 11 is 0. The van der Waals surface area contributed by atoms with Gasteiger partial charge in [0.15, 0.2) is 0 Å². The van der Waals surface area contributed by atoms with Gasteiger partial charge in [0, 0.05) is 11.0 Å². The molecule has 3 nitrogen and oxygen atoms in total. The van der Waals surface area contributed by atoms with E-state index in [4.69, 9.17) is 5.21 Å². The molecule has 3 N–H and O–H groups in total. The Morgan fingerprint density at radius 2 is 1.92 bits per heavy atom. The van der Waals surface area contributed by atoms with E-state index in [9.17, 15) is 5.11 Å². The van der Waals surface area contributed by atoms with Crippen molar-refractivity contribution >= 4 is 5.69 Å². The zero-order valence-electron chi connectivity index (χ0n) is 7.97. The molecule has 2 aliphatic rings. The molecular formula is C10H13NO2. The SMILES string of the molecule is Cc1cc(O)c2c(NO)c1C2(C)C. The number of aromatic hydroxyl groups is 1. The van der Waals surface area contributed by atoms with Crippen LogP contribution in [0, 0.1) is 6.92 Å². The van der Waals surface area contributed by atoms with Gasteiger partial charge in [-0.1, -0.05) is 13.8 Å². The van der Waals surface area contributed by atoms with Gasteiger partial charge >= 0.3 is 0 Å². The van der Waals surface area contributed by atoms with Gasteiger partial charge in [-0.15, -0.1) is 0 Å². The number of rotatable bonds is 1. The highest BCUT2D eigenvalue weighted by molar-refractivity contribution is 5.79. The molecule has 0 radical (unpaired) electrons. The molecule has 0 amide bonds. The fourth-order valence-corrected chi connectivity index (χ4v) is 2.41. The molecule has 0 atom stereocenters. The number of benzene rings is 1. The van der Waals surface area contributed by atoms with Crippen molar-refractivity contribution in [2.45, 2.75) is 26.2 Å². The minimum atomic E-state index is -0.131. The number of phenols is 1. The van der Waals surface area contributed by atoms with Gasteiger partial charge in [-0.3, -0.25) is 10.7 Å². The molecule has 0 heterocycles. The Bertz CT molecular complexity index is 353. The number of nitrogens with one attached hydrogen (secondary N) is 1. The van der Waals surface area contributed by atoms with Gasteiger partial charge in [-0.25, -0.2) is 0 Å². The summed E-state index contributed by atoms with van der Waals surface area (Å²) in [5.41, 5.74) is 5.57. The summed E-state index contributed by atoms with van der Waals surface area (Å²) in [7, 11) is 0. The Balaban J connectivity index is 2.74. The van der Waals surface area contributed by atoms with Gasteiger partial charge in [-0.2, -0.15) is 0 Å². The van der Waals surface area contributed by atoms with Crippen LogP contribution in [0.4, 0.5) is 5.69 Å². The normalized spacial score (nSPS) is 16.6. The van der Waals surface area contributed by atoms with Gasteiger partial charge in [-0.05, 0) is 24.1 Å². The number of hydrogen-bond donors (Lipinski definition) is 3. The van der Waals surface area contributed by atoms with Crippen molar-refractivity contribution in [2.24, 2.45) is 0 Å². The van der Waals surface area contributed by atoms with E-state index in [1.54, 1.807) is 6.07 Å². The summed E-state index contributed by atoms with van der Waals surface area (Å²) in [6.07, 6.45) is 0. The minimum Gasteiger partial charge on any atom is -0.508 e. The topological polar surface area (TPSA) is 52.5 Å². The van der Waals surface area contributed by atoms with E-state index in [2.05, 4.69) is 5.48 Å². The predicted octanol–water partition coefficient (Wildman–Crippen LogP) is 2.14. The smallest absolute Gasteiger partial charge is 0.122 e. The quantitative estimate of drug-likeness (QED) is 0.579. The molecule has 0 aliphatic heterocycles. The van der Waals surface area contributed by atoms with Gasteiger partial charge in [0.1, 0.15) is 5.75 Å². The number of anilines is 1. The van der Waals surface area contributed by atoms with Crippen molar-refractivity contribution < 1.29 is 10.3 Å². The Morgan fingerprint density at radius 1 is 1.31 bits per heavy atom. The molecule has 13 heavy (non-hydrogen) atoms. The van der Waals surface area contributed by atoms with E-state index in [0.29, 0.717) is 5.69 Å². The molecule has 1 aromatic rings. The van der Waals surface area contributed by atoms with E-state index < -0.39 is 0 Å². The molecular weight excluding hydrogens is 166 g/mol. The molecule has 0 saturated heterocycles. The molecule has 70 valence electrons. The maximum atomic E-state index is 9.64. The fourth-order valence-electron chi connectivity index (χ4n) is 2.41. The van der Waals surface area contributed by atoms with Gasteiger partial charge in [0.05, 0.1) is 5.69 Å². The molecule has 0 fully saturated rings. The first-order valence-electron chi connectivity index (χ1n) is 4.27. The van der Waals surface area contributed by atoms with E-state index in [0.717, 1.165) is 16.7 Å². The van der Waals surface area contributed by atoms with Gasteiger partial charge < -0.3 is 5.11 Å². The van der Waals surface area contributed by atoms with Crippen LogP contribution >= 0.6 is 0 Å². The van der Waals surface area contributed by atoms with Crippen molar-refractivity contribution in [2.75, 3.05) is 5.48 Å². The summed E-state index contributed by atoms with van der Waals surface area (Å²) in [4.78, 5) is 0. The van der Waals surface area contributed by atoms with Crippen LogP contribution in [0.15, 0.2) is 6.07 Å². The van der Waals surface area contributed by atoms with Crippen LogP contribution in [0.3, 0.4) is 0 Å². The molecule has 3 rings (SSSR count). The highest BCUT2D eigenvalue weighted by Gasteiger charge is 2.43. The molecule has 0 spiro atoms. The average Bonchev–Trinajstić information content (AvgIpc) is 1.98. The molecule has 1 aromatic carbocycles. The first-order chi connectivity index (χ1) is 6.00. The Labute approximate surface area is 77.0 Å². The zero-order valence-corrected chi connectivity index (χ0v) is 7.97. The maximum Gasteiger partial charge on any atom is 0.122 e. The van der Waals surface area contributed by atoms with Crippen molar-refractivity contribution in [1.82, 2.24) is 0 Å². The molecule has 0 saturated carbocycles. The standard InChI is InChI=1S/C10H13NO2/c1-5-4-6(12)8-9(11-13)7(5)10(8,2)3/h4,11-13H,1-3H3. The second-order valence-electron chi connectivity index (χ2n) is 4.07. The zero-order chi connectivity index (χ0) is 9.80. The lowest BCUT2D eigenvalue weighted by atomic mass is 9.64. The lowest BCUT2D eigenvalue weighted by molar-refractivity contribution is 0.372. The second-order valence-corrected chi connectivity index (χ2v) is 4.07. The minimum absolute atomic E-state index is 0.131. The fraction of sp³-hybridized carbons (Fsp3) is 0.400. The molecule has 2 bridgehead atoms. The lowest BCUT2D eigenvalue weighted by Crippen LogP contribution is -2.33. The summed E-state index contributed by atoms with van der Waals surface area (Å²) in [6, 6.07) is 1.73. The van der Waals surface area contributed by atoms with Crippen molar-refractivity contribution in [3.8, 4) is 5.75 Å². The highest BCUT2D eigenvalue weighted by Crippen LogP contribution is 2.55. The van der Waals surface area contributed by atoms with Crippen LogP contribution in [-0.4, -0.2) is 10.3 Å². The van der Waals surface area contributed by atoms with Crippen molar-refractivity contribution in [3.63, 3.8) is 0 Å². The third kappa shape index (κ3) is 0.773. The Morgan fingerprint density at radius 3 is 2.31 bits per heavy atom. The average molecular weight is 179 g/mol. The van der Waals surface area contributed by atoms with E-state index in [1.807, 2.05) is 20.8 Å². The molecule has 0 aromatic heterocycles. The van der Waals surface area contributed by atoms with Gasteiger partial charge in [0.25, 0.3) is 0 Å². The van der Waals surface area contributed by atoms with Crippen LogP contribution in [0.25, 0.3) is 0 Å². The van der Waals surface area contributed by atoms with Crippen LogP contribution in [-0.2, 0) is 5.41 Å². The maximum absolute atomic E-state index is 9.64. The summed E-state index contributed by atoms with van der Waals surface area (Å²) < 4.78 is 0. The molecule has 3 heteroatoms. The Kier molecular flexibility index (Phi) is 1.40. The number of hydrogen-bond acceptors (Lipinski definition) is 3. The van der Waals surface area contributed by atoms with E-state index in [-0.39, 0.29) is 11.2 Å². The van der Waals surface area contributed by atoms with Crippen LogP contribution in [0.1, 0.15) is 30.5 Å². The first kappa shape index (κ1) is 8.38. The van der Waals surface area contributed by atoms with E-state index >= 15 is 0 Å². The third-order valence-electron chi connectivity index (χ3n) is 2.87. The Hall–Kier alpha value is -1.22. The second kappa shape index (κ2) is 2.17. The highest BCUT2D eigenvalue weighted by atomic mass is 16.5. The van der Waals surface area contributed by atoms with Crippen molar-refractivity contribution in [1.29, 1.82) is 0 Å². The summed E-state index contributed by atoms with van der Waals surface area (Å²) in [5, 5.41) is 18.5. The van der Waals surface area contributed by atoms with Crippen LogP contribution < -0.4 is 5.48 Å². The predicted molar refractivity (Wildman–Crippen MR) is 50.4 cm³/mol. The number of fused-ring (bicyclic) bond motifs is 2. The van der Waals surface area contributed by atoms with Crippen LogP contribution in [0.5, 0.6) is 5.75 Å². The summed E-state index contributed by atoms with van der Waals surface area (Å²) in [5.74, 6) is 0.258. The molecule has 2 aliphatic carbocycles. The summed E-state index contributed by atoms with van der Waals surface area (Å²) in [6.45, 7) is 6.00. The monoisotopic (exact) mass is 179 g/mol. The lowest BCUT2D eigenvalue weighted by Gasteiger charge is -2.41. The first-order valence-corrected chi connectivity index (χ1v) is 4.27. The third-order valence-corrected chi connectivity index (χ3v) is 2.87. The largest absolute Gasteiger partial charge is 0.508 e. The van der Waals surface area contributed by atoms with Crippen molar-refractivity contribution in [3.05, 3.63) is 22.8 Å². The number of aryl methyl sites for hydroxylation is 1. The molecule has 0 unspecified atom stereocenters. The van der Waals surface area contributed by atoms with E-state index in [1.165, 1.54) is 0 Å². The van der Waals surface area contributed by atoms with Crippen LogP contribution in [0.2, 0.25) is 0 Å². The number of phenolic OH excluding ortho intramolecular Hbond substituents is 1. The van der Waals surface area contributed by atoms with Gasteiger partial charge in [0.2, 0.25) is 0 Å².